The van der Waals surface area contributed by atoms with Gasteiger partial charge in [-0.3, -0.25) is 0 Å². The Labute approximate surface area is 124 Å². The first kappa shape index (κ1) is 17.2. The summed E-state index contributed by atoms with van der Waals surface area (Å²) in [6, 6.07) is 0. The van der Waals surface area contributed by atoms with Crippen LogP contribution in [0.4, 0.5) is 19.0 Å². The summed E-state index contributed by atoms with van der Waals surface area (Å²) in [5, 5.41) is 3.09. The van der Waals surface area contributed by atoms with Gasteiger partial charge in [-0.25, -0.2) is 9.97 Å². The van der Waals surface area contributed by atoms with Gasteiger partial charge >= 0.3 is 6.18 Å². The first-order valence-corrected chi connectivity index (χ1v) is 7.10. The van der Waals surface area contributed by atoms with Crippen molar-refractivity contribution in [3.05, 3.63) is 16.0 Å². The Bertz CT molecular complexity index is 441. The molecule has 0 fully saturated rings. The van der Waals surface area contributed by atoms with E-state index in [9.17, 15) is 13.2 Å². The highest BCUT2D eigenvalue weighted by Crippen LogP contribution is 2.24. The molecule has 1 N–H and O–H groups in total. The van der Waals surface area contributed by atoms with Gasteiger partial charge < -0.3 is 10.1 Å². The van der Waals surface area contributed by atoms with Crippen LogP contribution in [0, 0.1) is 0 Å². The van der Waals surface area contributed by atoms with E-state index in [1.807, 2.05) is 13.8 Å². The minimum absolute atomic E-state index is 0.0597. The average molecular weight is 356 g/mol. The first-order chi connectivity index (χ1) is 9.37. The monoisotopic (exact) mass is 355 g/mol. The minimum Gasteiger partial charge on any atom is -0.372 e. The minimum atomic E-state index is -4.30. The lowest BCUT2D eigenvalue weighted by atomic mass is 10.3. The second-order valence-electron chi connectivity index (χ2n) is 4.05. The van der Waals surface area contributed by atoms with Crippen LogP contribution in [-0.2, 0) is 17.6 Å². The first-order valence-electron chi connectivity index (χ1n) is 6.31. The third-order valence-corrected chi connectivity index (χ3v) is 3.21. The lowest BCUT2D eigenvalue weighted by molar-refractivity contribution is -0.173. The number of nitrogens with zero attached hydrogens (tertiary/aromatic N) is 2. The number of ether oxygens (including phenoxy) is 1. The van der Waals surface area contributed by atoms with Crippen molar-refractivity contribution in [3.63, 3.8) is 0 Å². The van der Waals surface area contributed by atoms with Crippen molar-refractivity contribution in [3.8, 4) is 0 Å². The lowest BCUT2D eigenvalue weighted by Crippen LogP contribution is -2.18. The maximum Gasteiger partial charge on any atom is 0.411 e. The molecule has 4 nitrogen and oxygen atoms in total. The Hall–Kier alpha value is -0.890. The van der Waals surface area contributed by atoms with Gasteiger partial charge in [-0.15, -0.1) is 0 Å². The smallest absolute Gasteiger partial charge is 0.372 e. The average Bonchev–Trinajstić information content (AvgIpc) is 2.37. The van der Waals surface area contributed by atoms with E-state index in [0.29, 0.717) is 24.6 Å². The van der Waals surface area contributed by atoms with Crippen molar-refractivity contribution in [2.75, 3.05) is 25.1 Å². The number of aryl methyl sites for hydroxylation is 1. The molecular formula is C12H17BrF3N3O. The van der Waals surface area contributed by atoms with Crippen LogP contribution in [-0.4, -0.2) is 35.9 Å². The molecule has 8 heteroatoms. The molecule has 0 aromatic carbocycles. The number of halogens is 4. The number of hydrogen-bond donors (Lipinski definition) is 1. The molecule has 0 aliphatic carbocycles. The molecule has 0 saturated carbocycles. The van der Waals surface area contributed by atoms with E-state index in [1.54, 1.807) is 0 Å². The molecule has 0 aliphatic rings. The lowest BCUT2D eigenvalue weighted by Gasteiger charge is -2.12. The molecule has 0 unspecified atom stereocenters. The fourth-order valence-corrected chi connectivity index (χ4v) is 2.12. The van der Waals surface area contributed by atoms with Gasteiger partial charge in [0.15, 0.2) is 0 Å². The Balaban J connectivity index is 2.67. The molecule has 0 saturated heterocycles. The summed E-state index contributed by atoms with van der Waals surface area (Å²) < 4.78 is 41.2. The Morgan fingerprint density at radius 1 is 1.25 bits per heavy atom. The Morgan fingerprint density at radius 2 is 1.95 bits per heavy atom. The molecule has 1 aromatic heterocycles. The summed E-state index contributed by atoms with van der Waals surface area (Å²) in [7, 11) is 0. The summed E-state index contributed by atoms with van der Waals surface area (Å²) in [5.74, 6) is 1.13. The number of anilines is 1. The SMILES string of the molecule is CCNc1nc(CCOCC(F)(F)F)nc(CC)c1Br. The van der Waals surface area contributed by atoms with Gasteiger partial charge in [0.1, 0.15) is 18.2 Å². The maximum atomic E-state index is 11.9. The van der Waals surface area contributed by atoms with Crippen LogP contribution in [0.3, 0.4) is 0 Å². The molecule has 0 aliphatic heterocycles. The third kappa shape index (κ3) is 5.62. The third-order valence-electron chi connectivity index (χ3n) is 2.38. The van der Waals surface area contributed by atoms with E-state index >= 15 is 0 Å². The fourth-order valence-electron chi connectivity index (χ4n) is 1.53. The van der Waals surface area contributed by atoms with Gasteiger partial charge in [0.25, 0.3) is 0 Å². The van der Waals surface area contributed by atoms with Gasteiger partial charge in [-0.1, -0.05) is 6.92 Å². The molecule has 1 aromatic rings. The Kier molecular flexibility index (Phi) is 6.67. The van der Waals surface area contributed by atoms with Crippen molar-refractivity contribution >= 4 is 21.7 Å². The second kappa shape index (κ2) is 7.78. The quantitative estimate of drug-likeness (QED) is 0.762. The Morgan fingerprint density at radius 3 is 2.50 bits per heavy atom. The van der Waals surface area contributed by atoms with Crippen LogP contribution in [0.1, 0.15) is 25.4 Å². The molecule has 20 heavy (non-hydrogen) atoms. The maximum absolute atomic E-state index is 11.9. The van der Waals surface area contributed by atoms with E-state index in [1.165, 1.54) is 0 Å². The van der Waals surface area contributed by atoms with Crippen molar-refractivity contribution < 1.29 is 17.9 Å². The van der Waals surface area contributed by atoms with Crippen molar-refractivity contribution in [1.29, 1.82) is 0 Å². The summed E-state index contributed by atoms with van der Waals surface area (Å²) in [6.07, 6.45) is -3.35. The zero-order chi connectivity index (χ0) is 15.2. The largest absolute Gasteiger partial charge is 0.411 e. The molecule has 0 spiro atoms. The highest BCUT2D eigenvalue weighted by Gasteiger charge is 2.27. The predicted molar refractivity (Wildman–Crippen MR) is 73.9 cm³/mol. The van der Waals surface area contributed by atoms with Crippen LogP contribution in [0.5, 0.6) is 0 Å². The number of rotatable bonds is 7. The topological polar surface area (TPSA) is 47.0 Å². The van der Waals surface area contributed by atoms with E-state index in [4.69, 9.17) is 0 Å². The normalized spacial score (nSPS) is 11.7. The molecule has 1 rings (SSSR count). The van der Waals surface area contributed by atoms with Crippen LogP contribution < -0.4 is 5.32 Å². The number of aromatic nitrogens is 2. The van der Waals surface area contributed by atoms with Crippen molar-refractivity contribution in [2.45, 2.75) is 32.9 Å². The van der Waals surface area contributed by atoms with Crippen LogP contribution >= 0.6 is 15.9 Å². The summed E-state index contributed by atoms with van der Waals surface area (Å²) in [5.41, 5.74) is 0.821. The second-order valence-corrected chi connectivity index (χ2v) is 4.84. The summed E-state index contributed by atoms with van der Waals surface area (Å²) in [6.45, 7) is 3.28. The van der Waals surface area contributed by atoms with Crippen LogP contribution in [0.15, 0.2) is 4.47 Å². The molecular weight excluding hydrogens is 339 g/mol. The molecule has 0 bridgehead atoms. The molecule has 0 radical (unpaired) electrons. The standard InChI is InChI=1S/C12H17BrF3N3O/c1-3-8-10(13)11(17-4-2)19-9(18-8)5-6-20-7-12(14,15)16/h3-7H2,1-2H3,(H,17,18,19). The fraction of sp³-hybridized carbons (Fsp3) is 0.667. The number of alkyl halides is 3. The van der Waals surface area contributed by atoms with Gasteiger partial charge in [-0.05, 0) is 29.3 Å². The van der Waals surface area contributed by atoms with Gasteiger partial charge in [-0.2, -0.15) is 13.2 Å². The highest BCUT2D eigenvalue weighted by molar-refractivity contribution is 9.10. The molecule has 0 amide bonds. The van der Waals surface area contributed by atoms with Gasteiger partial charge in [0, 0.05) is 13.0 Å². The zero-order valence-electron chi connectivity index (χ0n) is 11.4. The molecule has 0 atom stereocenters. The van der Waals surface area contributed by atoms with E-state index in [2.05, 4.69) is 36.0 Å². The van der Waals surface area contributed by atoms with Gasteiger partial charge in [0.2, 0.25) is 0 Å². The summed E-state index contributed by atoms with van der Waals surface area (Å²) >= 11 is 3.42. The number of hydrogen-bond acceptors (Lipinski definition) is 4. The van der Waals surface area contributed by atoms with E-state index in [-0.39, 0.29) is 13.0 Å². The van der Waals surface area contributed by atoms with E-state index in [0.717, 1.165) is 10.2 Å². The predicted octanol–water partition coefficient (Wildman–Crippen LogP) is 3.35. The molecule has 114 valence electrons. The van der Waals surface area contributed by atoms with Crippen molar-refractivity contribution in [1.82, 2.24) is 9.97 Å². The zero-order valence-corrected chi connectivity index (χ0v) is 12.9. The van der Waals surface area contributed by atoms with Gasteiger partial charge in [0.05, 0.1) is 16.8 Å². The van der Waals surface area contributed by atoms with E-state index < -0.39 is 12.8 Å². The van der Waals surface area contributed by atoms with Crippen LogP contribution in [0.2, 0.25) is 0 Å². The van der Waals surface area contributed by atoms with Crippen LogP contribution in [0.25, 0.3) is 0 Å². The van der Waals surface area contributed by atoms with Crippen molar-refractivity contribution in [2.24, 2.45) is 0 Å². The summed E-state index contributed by atoms with van der Waals surface area (Å²) in [4.78, 5) is 8.58. The molecule has 1 heterocycles. The number of nitrogens with one attached hydrogen (secondary N) is 1. The highest BCUT2D eigenvalue weighted by atomic mass is 79.9.